The number of hydrogen-bond donors (Lipinski definition) is 1. The van der Waals surface area contributed by atoms with Crippen LogP contribution < -0.4 is 5.73 Å². The van der Waals surface area contributed by atoms with Crippen LogP contribution in [0.5, 0.6) is 0 Å². The second-order valence-electron chi connectivity index (χ2n) is 3.69. The minimum Gasteiger partial charge on any atom is -0.469 e. The van der Waals surface area contributed by atoms with E-state index in [0.717, 1.165) is 6.42 Å². The molecule has 0 aromatic rings. The largest absolute Gasteiger partial charge is 0.469 e. The van der Waals surface area contributed by atoms with Gasteiger partial charge in [-0.1, -0.05) is 20.3 Å². The van der Waals surface area contributed by atoms with Gasteiger partial charge >= 0.3 is 5.97 Å². The molecule has 0 aromatic carbocycles. The molecule has 0 aliphatic carbocycles. The lowest BCUT2D eigenvalue weighted by molar-refractivity contribution is -0.142. The molecule has 0 heterocycles. The molecule has 0 fully saturated rings. The van der Waals surface area contributed by atoms with Gasteiger partial charge in [0.25, 0.3) is 0 Å². The summed E-state index contributed by atoms with van der Waals surface area (Å²) in [6, 6.07) is 0.0500. The molecule has 0 rings (SSSR count). The van der Waals surface area contributed by atoms with Crippen LogP contribution in [0.15, 0.2) is 0 Å². The van der Waals surface area contributed by atoms with Crippen LogP contribution in [-0.2, 0) is 9.53 Å². The fourth-order valence-corrected chi connectivity index (χ4v) is 1.48. The second kappa shape index (κ2) is 5.97. The Balaban J connectivity index is 4.17. The van der Waals surface area contributed by atoms with Crippen LogP contribution >= 0.6 is 0 Å². The van der Waals surface area contributed by atoms with Crippen LogP contribution in [0.2, 0.25) is 0 Å². The van der Waals surface area contributed by atoms with E-state index in [2.05, 4.69) is 18.6 Å². The molecule has 3 heteroatoms. The first-order valence-electron chi connectivity index (χ1n) is 4.85. The van der Waals surface area contributed by atoms with E-state index in [1.54, 1.807) is 0 Å². The molecular formula is C10H21NO2. The van der Waals surface area contributed by atoms with Crippen molar-refractivity contribution < 1.29 is 9.53 Å². The van der Waals surface area contributed by atoms with Gasteiger partial charge in [0.15, 0.2) is 0 Å². The van der Waals surface area contributed by atoms with E-state index in [1.807, 2.05) is 6.92 Å². The third-order valence-electron chi connectivity index (χ3n) is 2.68. The summed E-state index contributed by atoms with van der Waals surface area (Å²) in [7, 11) is 1.41. The van der Waals surface area contributed by atoms with Crippen molar-refractivity contribution in [2.75, 3.05) is 7.11 Å². The Morgan fingerprint density at radius 2 is 2.00 bits per heavy atom. The first-order valence-corrected chi connectivity index (χ1v) is 4.85. The average Bonchev–Trinajstić information content (AvgIpc) is 2.11. The van der Waals surface area contributed by atoms with Gasteiger partial charge in [0.2, 0.25) is 0 Å². The fraction of sp³-hybridized carbons (Fsp3) is 0.900. The van der Waals surface area contributed by atoms with Crippen molar-refractivity contribution in [1.29, 1.82) is 0 Å². The van der Waals surface area contributed by atoms with Crippen molar-refractivity contribution in [3.8, 4) is 0 Å². The SMILES string of the molecule is CCC(C)C(CC(=O)OC)C(C)N. The molecule has 13 heavy (non-hydrogen) atoms. The molecule has 0 aliphatic rings. The third-order valence-corrected chi connectivity index (χ3v) is 2.68. The molecule has 3 unspecified atom stereocenters. The summed E-state index contributed by atoms with van der Waals surface area (Å²) in [6.45, 7) is 6.17. The highest BCUT2D eigenvalue weighted by atomic mass is 16.5. The van der Waals surface area contributed by atoms with Gasteiger partial charge < -0.3 is 10.5 Å². The zero-order valence-corrected chi connectivity index (χ0v) is 9.04. The number of methoxy groups -OCH3 is 1. The zero-order chi connectivity index (χ0) is 10.4. The lowest BCUT2D eigenvalue weighted by atomic mass is 9.84. The molecule has 0 aliphatic heterocycles. The van der Waals surface area contributed by atoms with Gasteiger partial charge in [-0.05, 0) is 18.8 Å². The summed E-state index contributed by atoms with van der Waals surface area (Å²) in [5.41, 5.74) is 5.81. The average molecular weight is 187 g/mol. The van der Waals surface area contributed by atoms with E-state index >= 15 is 0 Å². The summed E-state index contributed by atoms with van der Waals surface area (Å²) < 4.78 is 4.63. The molecule has 0 saturated heterocycles. The number of ether oxygens (including phenoxy) is 1. The van der Waals surface area contributed by atoms with E-state index in [-0.39, 0.29) is 17.9 Å². The van der Waals surface area contributed by atoms with Crippen molar-refractivity contribution in [3.05, 3.63) is 0 Å². The van der Waals surface area contributed by atoms with E-state index in [0.29, 0.717) is 12.3 Å². The Hall–Kier alpha value is -0.570. The Labute approximate surface area is 80.6 Å². The summed E-state index contributed by atoms with van der Waals surface area (Å²) in [5, 5.41) is 0. The standard InChI is InChI=1S/C10H21NO2/c1-5-7(2)9(8(3)11)6-10(12)13-4/h7-9H,5-6,11H2,1-4H3. The summed E-state index contributed by atoms with van der Waals surface area (Å²) in [6.07, 6.45) is 1.48. The molecule has 0 aromatic heterocycles. The monoisotopic (exact) mass is 187 g/mol. The molecule has 0 radical (unpaired) electrons. The molecule has 0 saturated carbocycles. The number of rotatable bonds is 5. The molecule has 2 N–H and O–H groups in total. The van der Waals surface area contributed by atoms with Crippen molar-refractivity contribution >= 4 is 5.97 Å². The number of carbonyl (C=O) groups excluding carboxylic acids is 1. The molecule has 3 atom stereocenters. The Morgan fingerprint density at radius 3 is 2.31 bits per heavy atom. The van der Waals surface area contributed by atoms with Crippen molar-refractivity contribution in [2.45, 2.75) is 39.7 Å². The van der Waals surface area contributed by atoms with Gasteiger partial charge in [-0.3, -0.25) is 4.79 Å². The maximum Gasteiger partial charge on any atom is 0.305 e. The van der Waals surface area contributed by atoms with Crippen LogP contribution in [0.4, 0.5) is 0 Å². The minimum atomic E-state index is -0.164. The van der Waals surface area contributed by atoms with Gasteiger partial charge in [-0.25, -0.2) is 0 Å². The molecule has 3 nitrogen and oxygen atoms in total. The molecule has 0 spiro atoms. The number of nitrogens with two attached hydrogens (primary N) is 1. The van der Waals surface area contributed by atoms with Crippen LogP contribution in [0, 0.1) is 11.8 Å². The van der Waals surface area contributed by atoms with E-state index in [1.165, 1.54) is 7.11 Å². The van der Waals surface area contributed by atoms with Gasteiger partial charge in [0.05, 0.1) is 13.5 Å². The van der Waals surface area contributed by atoms with Crippen molar-refractivity contribution in [3.63, 3.8) is 0 Å². The highest BCUT2D eigenvalue weighted by Crippen LogP contribution is 2.21. The fourth-order valence-electron chi connectivity index (χ4n) is 1.48. The van der Waals surface area contributed by atoms with Crippen molar-refractivity contribution in [1.82, 2.24) is 0 Å². The van der Waals surface area contributed by atoms with Gasteiger partial charge in [-0.15, -0.1) is 0 Å². The molecule has 0 amide bonds. The predicted molar refractivity (Wildman–Crippen MR) is 53.2 cm³/mol. The smallest absolute Gasteiger partial charge is 0.305 e. The van der Waals surface area contributed by atoms with Crippen LogP contribution in [0.25, 0.3) is 0 Å². The topological polar surface area (TPSA) is 52.3 Å². The van der Waals surface area contributed by atoms with Gasteiger partial charge in [-0.2, -0.15) is 0 Å². The highest BCUT2D eigenvalue weighted by molar-refractivity contribution is 5.69. The van der Waals surface area contributed by atoms with E-state index in [4.69, 9.17) is 5.73 Å². The van der Waals surface area contributed by atoms with E-state index in [9.17, 15) is 4.79 Å². The Morgan fingerprint density at radius 1 is 1.46 bits per heavy atom. The van der Waals surface area contributed by atoms with Crippen LogP contribution in [-0.4, -0.2) is 19.1 Å². The first kappa shape index (κ1) is 12.4. The predicted octanol–water partition coefficient (Wildman–Crippen LogP) is 1.56. The van der Waals surface area contributed by atoms with Crippen LogP contribution in [0.1, 0.15) is 33.6 Å². The normalized spacial score (nSPS) is 17.6. The quantitative estimate of drug-likeness (QED) is 0.664. The van der Waals surface area contributed by atoms with E-state index < -0.39 is 0 Å². The van der Waals surface area contributed by atoms with Crippen molar-refractivity contribution in [2.24, 2.45) is 17.6 Å². The number of hydrogen-bond acceptors (Lipinski definition) is 3. The molecular weight excluding hydrogens is 166 g/mol. The molecule has 0 bridgehead atoms. The summed E-state index contributed by atoms with van der Waals surface area (Å²) in [5.74, 6) is 0.541. The third kappa shape index (κ3) is 4.27. The molecule has 78 valence electrons. The lowest BCUT2D eigenvalue weighted by Gasteiger charge is -2.25. The second-order valence-corrected chi connectivity index (χ2v) is 3.69. The first-order chi connectivity index (χ1) is 6.02. The Bertz CT molecular complexity index is 157. The van der Waals surface area contributed by atoms with Gasteiger partial charge in [0.1, 0.15) is 0 Å². The summed E-state index contributed by atoms with van der Waals surface area (Å²) >= 11 is 0. The Kier molecular flexibility index (Phi) is 5.71. The number of esters is 1. The zero-order valence-electron chi connectivity index (χ0n) is 9.04. The highest BCUT2D eigenvalue weighted by Gasteiger charge is 2.23. The maximum absolute atomic E-state index is 11.1. The minimum absolute atomic E-state index is 0.0500. The van der Waals surface area contributed by atoms with Crippen LogP contribution in [0.3, 0.4) is 0 Å². The lowest BCUT2D eigenvalue weighted by Crippen LogP contribution is -2.33. The van der Waals surface area contributed by atoms with Gasteiger partial charge in [0, 0.05) is 6.04 Å². The number of carbonyl (C=O) groups is 1. The maximum atomic E-state index is 11.1. The summed E-state index contributed by atoms with van der Waals surface area (Å²) in [4.78, 5) is 11.1.